The molecule has 0 atom stereocenters. The summed E-state index contributed by atoms with van der Waals surface area (Å²) in [6.45, 7) is 7.66. The first-order valence-corrected chi connectivity index (χ1v) is 8.70. The Morgan fingerprint density at radius 2 is 2.04 bits per heavy atom. The zero-order chi connectivity index (χ0) is 17.5. The highest BCUT2D eigenvalue weighted by atomic mass is 32.1. The molecule has 0 bridgehead atoms. The van der Waals surface area contributed by atoms with Gasteiger partial charge in [0.25, 0.3) is 0 Å². The van der Waals surface area contributed by atoms with Gasteiger partial charge in [0.2, 0.25) is 0 Å². The topological polar surface area (TPSA) is 49.3 Å². The van der Waals surface area contributed by atoms with Gasteiger partial charge in [-0.1, -0.05) is 0 Å². The molecule has 1 aromatic carbocycles. The average molecular weight is 352 g/mol. The molecule has 2 rings (SSSR count). The van der Waals surface area contributed by atoms with Crippen molar-refractivity contribution in [3.8, 4) is 0 Å². The van der Waals surface area contributed by atoms with Crippen molar-refractivity contribution in [2.75, 3.05) is 13.1 Å². The van der Waals surface area contributed by atoms with Crippen molar-refractivity contribution in [1.29, 1.82) is 0 Å². The fourth-order valence-corrected chi connectivity index (χ4v) is 3.12. The third-order valence-corrected chi connectivity index (χ3v) is 4.48. The molecule has 1 heterocycles. The Balaban J connectivity index is 1.94. The van der Waals surface area contributed by atoms with Gasteiger partial charge < -0.3 is 10.6 Å². The summed E-state index contributed by atoms with van der Waals surface area (Å²) in [6, 6.07) is 3.50. The molecule has 0 aliphatic heterocycles. The second-order valence-electron chi connectivity index (χ2n) is 5.35. The van der Waals surface area contributed by atoms with Crippen molar-refractivity contribution in [3.05, 3.63) is 51.0 Å². The molecular weight excluding hydrogens is 330 g/mol. The van der Waals surface area contributed by atoms with Crippen molar-refractivity contribution in [2.45, 2.75) is 33.7 Å². The summed E-state index contributed by atoms with van der Waals surface area (Å²) >= 11 is 1.63. The quantitative estimate of drug-likeness (QED) is 0.619. The number of aryl methyl sites for hydroxylation is 2. The molecule has 2 N–H and O–H groups in total. The minimum atomic E-state index is -0.428. The Labute approximate surface area is 145 Å². The molecule has 0 radical (unpaired) electrons. The van der Waals surface area contributed by atoms with Gasteiger partial charge in [-0.15, -0.1) is 11.3 Å². The fraction of sp³-hybridized carbons (Fsp3) is 0.412. The molecule has 0 saturated heterocycles. The molecule has 0 amide bonds. The molecule has 2 aromatic rings. The number of hydrogen-bond donors (Lipinski definition) is 2. The minimum Gasteiger partial charge on any atom is -0.357 e. The second kappa shape index (κ2) is 8.73. The van der Waals surface area contributed by atoms with Crippen LogP contribution in [0.2, 0.25) is 0 Å². The lowest BCUT2D eigenvalue weighted by Gasteiger charge is -2.11. The molecule has 0 aliphatic carbocycles. The van der Waals surface area contributed by atoms with Gasteiger partial charge in [-0.2, -0.15) is 0 Å². The van der Waals surface area contributed by atoms with Crippen molar-refractivity contribution in [1.82, 2.24) is 15.6 Å². The number of aromatic nitrogens is 1. The first-order valence-electron chi connectivity index (χ1n) is 7.88. The van der Waals surface area contributed by atoms with E-state index in [0.717, 1.165) is 34.3 Å². The highest BCUT2D eigenvalue weighted by Crippen LogP contribution is 2.17. The van der Waals surface area contributed by atoms with Crippen LogP contribution in [-0.2, 0) is 13.0 Å². The smallest absolute Gasteiger partial charge is 0.191 e. The molecule has 0 unspecified atom stereocenters. The lowest BCUT2D eigenvalue weighted by atomic mass is 10.1. The highest BCUT2D eigenvalue weighted by molar-refractivity contribution is 7.11. The summed E-state index contributed by atoms with van der Waals surface area (Å²) in [5.74, 6) is -0.168. The highest BCUT2D eigenvalue weighted by Gasteiger charge is 2.06. The molecule has 4 nitrogen and oxygen atoms in total. The van der Waals surface area contributed by atoms with Crippen molar-refractivity contribution in [2.24, 2.45) is 4.99 Å². The maximum Gasteiger partial charge on any atom is 0.191 e. The molecule has 0 aliphatic rings. The van der Waals surface area contributed by atoms with Gasteiger partial charge in [0.05, 0.1) is 17.2 Å². The Morgan fingerprint density at radius 3 is 2.71 bits per heavy atom. The number of aliphatic imine (C=N–C) groups is 1. The van der Waals surface area contributed by atoms with E-state index >= 15 is 0 Å². The fourth-order valence-electron chi connectivity index (χ4n) is 2.26. The van der Waals surface area contributed by atoms with Crippen molar-refractivity contribution in [3.63, 3.8) is 0 Å². The van der Waals surface area contributed by atoms with E-state index in [1.54, 1.807) is 11.3 Å². The van der Waals surface area contributed by atoms with E-state index in [0.29, 0.717) is 31.0 Å². The van der Waals surface area contributed by atoms with Crippen LogP contribution >= 0.6 is 11.3 Å². The predicted octanol–water partition coefficient (Wildman–Crippen LogP) is 3.34. The van der Waals surface area contributed by atoms with Gasteiger partial charge in [0.1, 0.15) is 11.6 Å². The normalized spacial score (nSPS) is 11.6. The summed E-state index contributed by atoms with van der Waals surface area (Å²) < 4.78 is 26.8. The average Bonchev–Trinajstić information content (AvgIpc) is 2.86. The van der Waals surface area contributed by atoms with E-state index in [-0.39, 0.29) is 0 Å². The van der Waals surface area contributed by atoms with Crippen LogP contribution < -0.4 is 10.6 Å². The van der Waals surface area contributed by atoms with Crippen molar-refractivity contribution >= 4 is 17.3 Å². The van der Waals surface area contributed by atoms with Crippen LogP contribution in [0.25, 0.3) is 0 Å². The minimum absolute atomic E-state index is 0.354. The molecule has 0 saturated carbocycles. The number of rotatable bonds is 6. The molecule has 130 valence electrons. The molecular formula is C17H22F2N4S. The van der Waals surface area contributed by atoms with Crippen LogP contribution in [0.5, 0.6) is 0 Å². The zero-order valence-electron chi connectivity index (χ0n) is 14.1. The lowest BCUT2D eigenvalue weighted by molar-refractivity contribution is 0.583. The van der Waals surface area contributed by atoms with E-state index in [9.17, 15) is 8.78 Å². The predicted molar refractivity (Wildman–Crippen MR) is 94.5 cm³/mol. The van der Waals surface area contributed by atoms with Crippen LogP contribution in [0.4, 0.5) is 8.78 Å². The van der Waals surface area contributed by atoms with Gasteiger partial charge in [-0.25, -0.2) is 18.8 Å². The third kappa shape index (κ3) is 5.26. The third-order valence-electron chi connectivity index (χ3n) is 3.42. The molecule has 0 fully saturated rings. The summed E-state index contributed by atoms with van der Waals surface area (Å²) in [7, 11) is 0. The summed E-state index contributed by atoms with van der Waals surface area (Å²) in [6.07, 6.45) is 0.382. The van der Waals surface area contributed by atoms with Crippen LogP contribution in [-0.4, -0.2) is 24.0 Å². The van der Waals surface area contributed by atoms with E-state index in [1.807, 2.05) is 20.8 Å². The molecule has 7 heteroatoms. The number of benzene rings is 1. The Kier molecular flexibility index (Phi) is 6.66. The first kappa shape index (κ1) is 18.3. The first-order chi connectivity index (χ1) is 11.5. The Hall–Kier alpha value is -2.02. The van der Waals surface area contributed by atoms with Crippen molar-refractivity contribution < 1.29 is 8.78 Å². The lowest BCUT2D eigenvalue weighted by Crippen LogP contribution is -2.38. The number of thiazole rings is 1. The Morgan fingerprint density at radius 1 is 1.25 bits per heavy atom. The maximum absolute atomic E-state index is 13.6. The van der Waals surface area contributed by atoms with Gasteiger partial charge in [-0.05, 0) is 51.0 Å². The van der Waals surface area contributed by atoms with E-state index in [1.165, 1.54) is 6.07 Å². The van der Waals surface area contributed by atoms with Gasteiger partial charge >= 0.3 is 0 Å². The monoisotopic (exact) mass is 352 g/mol. The van der Waals surface area contributed by atoms with Crippen LogP contribution in [0.15, 0.2) is 23.2 Å². The standard InChI is InChI=1S/C17H22F2N4S/c1-4-20-17(22-10-16-11(2)23-12(3)24-16)21-8-7-13-9-14(18)5-6-15(13)19/h5-6,9H,4,7-8,10H2,1-3H3,(H2,20,21,22). The van der Waals surface area contributed by atoms with Crippen LogP contribution in [0.1, 0.15) is 28.1 Å². The molecule has 24 heavy (non-hydrogen) atoms. The van der Waals surface area contributed by atoms with E-state index < -0.39 is 11.6 Å². The van der Waals surface area contributed by atoms with E-state index in [2.05, 4.69) is 20.6 Å². The van der Waals surface area contributed by atoms with Crippen LogP contribution in [0.3, 0.4) is 0 Å². The zero-order valence-corrected chi connectivity index (χ0v) is 14.9. The van der Waals surface area contributed by atoms with E-state index in [4.69, 9.17) is 0 Å². The summed E-state index contributed by atoms with van der Waals surface area (Å²) in [4.78, 5) is 10.0. The molecule has 0 spiro atoms. The molecule has 1 aromatic heterocycles. The largest absolute Gasteiger partial charge is 0.357 e. The number of nitrogens with zero attached hydrogens (tertiary/aromatic N) is 2. The maximum atomic E-state index is 13.6. The van der Waals surface area contributed by atoms with Gasteiger partial charge in [-0.3, -0.25) is 0 Å². The van der Waals surface area contributed by atoms with Gasteiger partial charge in [0.15, 0.2) is 5.96 Å². The number of hydrogen-bond acceptors (Lipinski definition) is 3. The summed E-state index contributed by atoms with van der Waals surface area (Å²) in [5, 5.41) is 7.32. The number of halogens is 2. The number of nitrogens with one attached hydrogen (secondary N) is 2. The van der Waals surface area contributed by atoms with Crippen LogP contribution in [0, 0.1) is 25.5 Å². The second-order valence-corrected chi connectivity index (χ2v) is 6.64. The Bertz CT molecular complexity index is 713. The van der Waals surface area contributed by atoms with Gasteiger partial charge in [0, 0.05) is 18.0 Å². The summed E-state index contributed by atoms with van der Waals surface area (Å²) in [5.41, 5.74) is 1.35. The number of guanidine groups is 1. The SMILES string of the molecule is CCNC(=NCc1sc(C)nc1C)NCCc1cc(F)ccc1F.